The Bertz CT molecular complexity index is 634. The molecular weight excluding hydrogens is 305 g/mol. The minimum absolute atomic E-state index is 0.249. The van der Waals surface area contributed by atoms with E-state index in [1.54, 1.807) is 13.2 Å². The summed E-state index contributed by atoms with van der Waals surface area (Å²) in [6.45, 7) is 3.83. The van der Waals surface area contributed by atoms with E-state index in [4.69, 9.17) is 21.1 Å². The summed E-state index contributed by atoms with van der Waals surface area (Å²) < 4.78 is 24.3. The third kappa shape index (κ3) is 4.12. The molecule has 2 aromatic rings. The van der Waals surface area contributed by atoms with Crippen molar-refractivity contribution in [3.63, 3.8) is 0 Å². The first kappa shape index (κ1) is 16.6. The van der Waals surface area contributed by atoms with Gasteiger partial charge in [-0.1, -0.05) is 36.7 Å². The number of hydrogen-bond donors (Lipinski definition) is 1. The minimum Gasteiger partial charge on any atom is -0.493 e. The zero-order valence-corrected chi connectivity index (χ0v) is 13.4. The van der Waals surface area contributed by atoms with Gasteiger partial charge in [-0.15, -0.1) is 0 Å². The number of ether oxygens (including phenoxy) is 2. The normalized spacial score (nSPS) is 10.5. The van der Waals surface area contributed by atoms with Crippen LogP contribution >= 0.6 is 11.6 Å². The third-order valence-electron chi connectivity index (χ3n) is 3.23. The van der Waals surface area contributed by atoms with E-state index in [9.17, 15) is 4.39 Å². The van der Waals surface area contributed by atoms with E-state index >= 15 is 0 Å². The van der Waals surface area contributed by atoms with E-state index < -0.39 is 0 Å². The fourth-order valence-corrected chi connectivity index (χ4v) is 2.30. The maximum Gasteiger partial charge on any atom is 0.166 e. The summed E-state index contributed by atoms with van der Waals surface area (Å²) in [6.07, 6.45) is 0. The summed E-state index contributed by atoms with van der Waals surface area (Å²) in [6, 6.07) is 10.0. The fourth-order valence-electron chi connectivity index (χ4n) is 2.07. The summed E-state index contributed by atoms with van der Waals surface area (Å²) in [5.41, 5.74) is 1.72. The average molecular weight is 324 g/mol. The fraction of sp³-hybridized carbons (Fsp3) is 0.294. The quantitative estimate of drug-likeness (QED) is 0.829. The van der Waals surface area contributed by atoms with Gasteiger partial charge in [0.2, 0.25) is 0 Å². The van der Waals surface area contributed by atoms with Crippen LogP contribution in [0.3, 0.4) is 0 Å². The highest BCUT2D eigenvalue weighted by atomic mass is 35.5. The second-order valence-corrected chi connectivity index (χ2v) is 5.16. The lowest BCUT2D eigenvalue weighted by Gasteiger charge is -2.16. The number of methoxy groups -OCH3 is 1. The first-order valence-electron chi connectivity index (χ1n) is 7.09. The van der Waals surface area contributed by atoms with Crippen molar-refractivity contribution in [2.45, 2.75) is 20.1 Å². The van der Waals surface area contributed by atoms with Crippen molar-refractivity contribution >= 4 is 11.6 Å². The van der Waals surface area contributed by atoms with Gasteiger partial charge in [0.15, 0.2) is 11.5 Å². The van der Waals surface area contributed by atoms with Gasteiger partial charge in [0.25, 0.3) is 0 Å². The molecule has 1 N–H and O–H groups in total. The molecule has 0 aliphatic rings. The molecular formula is C17H19ClFNO2. The zero-order valence-electron chi connectivity index (χ0n) is 12.7. The molecule has 0 amide bonds. The smallest absolute Gasteiger partial charge is 0.166 e. The Morgan fingerprint density at radius 3 is 2.68 bits per heavy atom. The summed E-state index contributed by atoms with van der Waals surface area (Å²) >= 11 is 6.03. The molecule has 0 heterocycles. The van der Waals surface area contributed by atoms with Gasteiger partial charge in [-0.3, -0.25) is 0 Å². The van der Waals surface area contributed by atoms with Crippen LogP contribution in [0.2, 0.25) is 5.02 Å². The monoisotopic (exact) mass is 323 g/mol. The van der Waals surface area contributed by atoms with Crippen LogP contribution in [-0.2, 0) is 13.2 Å². The van der Waals surface area contributed by atoms with Crippen LogP contribution in [0.4, 0.5) is 4.39 Å². The average Bonchev–Trinajstić information content (AvgIpc) is 2.52. The highest BCUT2D eigenvalue weighted by Crippen LogP contribution is 2.32. The molecule has 5 heteroatoms. The standard InChI is InChI=1S/C17H19ClFNO2/c1-3-20-10-12-5-4-6-16(21-2)17(12)22-11-13-7-8-14(19)9-15(13)18/h4-9,20H,3,10-11H2,1-2H3. The van der Waals surface area contributed by atoms with Crippen molar-refractivity contribution in [1.82, 2.24) is 5.32 Å². The van der Waals surface area contributed by atoms with Gasteiger partial charge in [-0.25, -0.2) is 4.39 Å². The molecule has 2 rings (SSSR count). The van der Waals surface area contributed by atoms with Crippen LogP contribution in [0.25, 0.3) is 0 Å². The Morgan fingerprint density at radius 2 is 2.00 bits per heavy atom. The van der Waals surface area contributed by atoms with Gasteiger partial charge in [0.05, 0.1) is 12.1 Å². The highest BCUT2D eigenvalue weighted by Gasteiger charge is 2.11. The topological polar surface area (TPSA) is 30.5 Å². The molecule has 118 valence electrons. The van der Waals surface area contributed by atoms with Crippen LogP contribution in [-0.4, -0.2) is 13.7 Å². The second kappa shape index (κ2) is 8.01. The number of benzene rings is 2. The summed E-state index contributed by atoms with van der Waals surface area (Å²) in [5, 5.41) is 3.61. The lowest BCUT2D eigenvalue weighted by Crippen LogP contribution is -2.13. The second-order valence-electron chi connectivity index (χ2n) is 4.75. The Hall–Kier alpha value is -1.78. The summed E-state index contributed by atoms with van der Waals surface area (Å²) in [7, 11) is 1.60. The van der Waals surface area contributed by atoms with Crippen LogP contribution in [0.1, 0.15) is 18.1 Å². The van der Waals surface area contributed by atoms with Crippen LogP contribution < -0.4 is 14.8 Å². The molecule has 3 nitrogen and oxygen atoms in total. The van der Waals surface area contributed by atoms with Crippen molar-refractivity contribution in [3.05, 3.63) is 58.4 Å². The maximum atomic E-state index is 13.1. The Balaban J connectivity index is 2.20. The molecule has 0 unspecified atom stereocenters. The lowest BCUT2D eigenvalue weighted by molar-refractivity contribution is 0.280. The van der Waals surface area contributed by atoms with E-state index in [0.29, 0.717) is 23.1 Å². The number of hydrogen-bond acceptors (Lipinski definition) is 3. The van der Waals surface area contributed by atoms with E-state index in [1.807, 2.05) is 25.1 Å². The lowest BCUT2D eigenvalue weighted by atomic mass is 10.1. The Morgan fingerprint density at radius 1 is 1.18 bits per heavy atom. The van der Waals surface area contributed by atoms with Crippen molar-refractivity contribution < 1.29 is 13.9 Å². The van der Waals surface area contributed by atoms with E-state index in [0.717, 1.165) is 17.7 Å². The van der Waals surface area contributed by atoms with Gasteiger partial charge >= 0.3 is 0 Å². The third-order valence-corrected chi connectivity index (χ3v) is 3.58. The molecule has 0 saturated heterocycles. The van der Waals surface area contributed by atoms with E-state index in [2.05, 4.69) is 5.32 Å². The van der Waals surface area contributed by atoms with Gasteiger partial charge in [-0.2, -0.15) is 0 Å². The van der Waals surface area contributed by atoms with Gasteiger partial charge in [0, 0.05) is 17.7 Å². The largest absolute Gasteiger partial charge is 0.493 e. The molecule has 0 spiro atoms. The molecule has 0 atom stereocenters. The Kier molecular flexibility index (Phi) is 6.04. The molecule has 2 aromatic carbocycles. The number of rotatable bonds is 7. The molecule has 0 fully saturated rings. The molecule has 0 bridgehead atoms. The summed E-state index contributed by atoms with van der Waals surface area (Å²) in [4.78, 5) is 0. The van der Waals surface area contributed by atoms with Crippen molar-refractivity contribution in [3.8, 4) is 11.5 Å². The van der Waals surface area contributed by atoms with E-state index in [-0.39, 0.29) is 12.4 Å². The Labute approximate surface area is 135 Å². The highest BCUT2D eigenvalue weighted by molar-refractivity contribution is 6.31. The minimum atomic E-state index is -0.362. The molecule has 0 aliphatic carbocycles. The van der Waals surface area contributed by atoms with Gasteiger partial charge in [0.1, 0.15) is 12.4 Å². The SMILES string of the molecule is CCNCc1cccc(OC)c1OCc1ccc(F)cc1Cl. The van der Waals surface area contributed by atoms with Gasteiger partial charge in [-0.05, 0) is 24.7 Å². The molecule has 22 heavy (non-hydrogen) atoms. The van der Waals surface area contributed by atoms with Gasteiger partial charge < -0.3 is 14.8 Å². The summed E-state index contributed by atoms with van der Waals surface area (Å²) in [5.74, 6) is 0.971. The molecule has 0 aromatic heterocycles. The van der Waals surface area contributed by atoms with Crippen LogP contribution in [0.15, 0.2) is 36.4 Å². The number of nitrogens with one attached hydrogen (secondary N) is 1. The predicted molar refractivity (Wildman–Crippen MR) is 86.1 cm³/mol. The van der Waals surface area contributed by atoms with Crippen molar-refractivity contribution in [1.29, 1.82) is 0 Å². The van der Waals surface area contributed by atoms with Crippen LogP contribution in [0.5, 0.6) is 11.5 Å². The number of halogens is 2. The maximum absolute atomic E-state index is 13.1. The van der Waals surface area contributed by atoms with E-state index in [1.165, 1.54) is 12.1 Å². The van der Waals surface area contributed by atoms with Crippen LogP contribution in [0, 0.1) is 5.82 Å². The first-order chi connectivity index (χ1) is 10.7. The molecule has 0 aliphatic heterocycles. The zero-order chi connectivity index (χ0) is 15.9. The molecule has 0 radical (unpaired) electrons. The molecule has 0 saturated carbocycles. The number of para-hydroxylation sites is 1. The first-order valence-corrected chi connectivity index (χ1v) is 7.46. The predicted octanol–water partition coefficient (Wildman–Crippen LogP) is 4.18. The van der Waals surface area contributed by atoms with Crippen molar-refractivity contribution in [2.24, 2.45) is 0 Å². The van der Waals surface area contributed by atoms with Crippen molar-refractivity contribution in [2.75, 3.05) is 13.7 Å².